The third-order valence-corrected chi connectivity index (χ3v) is 3.53. The van der Waals surface area contributed by atoms with Crippen LogP contribution in [0.15, 0.2) is 23.6 Å². The maximum absolute atomic E-state index is 11.9. The molecule has 3 rings (SSSR count). The van der Waals surface area contributed by atoms with E-state index in [9.17, 15) is 9.59 Å². The van der Waals surface area contributed by atoms with Crippen molar-refractivity contribution in [3.8, 4) is 5.75 Å². The van der Waals surface area contributed by atoms with E-state index in [4.69, 9.17) is 10.5 Å². The number of amides is 2. The summed E-state index contributed by atoms with van der Waals surface area (Å²) in [6, 6.07) is 5.06. The Bertz CT molecular complexity index is 713. The molecule has 0 fully saturated rings. The Hall–Kier alpha value is -2.61. The van der Waals surface area contributed by atoms with Gasteiger partial charge in [0.05, 0.1) is 17.8 Å². The summed E-state index contributed by atoms with van der Waals surface area (Å²) in [5.74, 6) is 0.159. The van der Waals surface area contributed by atoms with Crippen LogP contribution in [0, 0.1) is 0 Å². The lowest BCUT2D eigenvalue weighted by Gasteiger charge is -2.18. The first kappa shape index (κ1) is 13.4. The van der Waals surface area contributed by atoms with Crippen molar-refractivity contribution in [2.75, 3.05) is 23.0 Å². The summed E-state index contributed by atoms with van der Waals surface area (Å²) in [6.07, 6.45) is 0.146. The number of nitrogens with two attached hydrogens (primary N) is 1. The predicted octanol–water partition coefficient (Wildman–Crippen LogP) is 1.24. The molecule has 1 aromatic heterocycles. The molecule has 0 atom stereocenters. The van der Waals surface area contributed by atoms with E-state index < -0.39 is 0 Å². The largest absolute Gasteiger partial charge is 0.482 e. The first-order valence-electron chi connectivity index (χ1n) is 6.16. The minimum Gasteiger partial charge on any atom is -0.482 e. The molecular formula is C13H12N4O3S. The third kappa shape index (κ3) is 3.11. The molecule has 0 bridgehead atoms. The number of rotatable bonds is 3. The smallest absolute Gasteiger partial charge is 0.262 e. The fourth-order valence-electron chi connectivity index (χ4n) is 1.93. The number of aromatic nitrogens is 1. The van der Waals surface area contributed by atoms with Gasteiger partial charge in [0.25, 0.3) is 5.91 Å². The number of fused-ring (bicyclic) bond motifs is 1. The van der Waals surface area contributed by atoms with E-state index in [1.54, 1.807) is 23.6 Å². The summed E-state index contributed by atoms with van der Waals surface area (Å²) in [6.45, 7) is 0.00392. The molecule has 7 nitrogen and oxygen atoms in total. The predicted molar refractivity (Wildman–Crippen MR) is 79.4 cm³/mol. The van der Waals surface area contributed by atoms with Gasteiger partial charge in [-0.25, -0.2) is 4.98 Å². The SMILES string of the molecule is Nc1nc(CC(=O)Nc2ccc3c(c2)NC(=O)CO3)cs1. The van der Waals surface area contributed by atoms with Crippen LogP contribution in [0.4, 0.5) is 16.5 Å². The summed E-state index contributed by atoms with van der Waals surface area (Å²) >= 11 is 1.29. The molecule has 2 heterocycles. The molecule has 0 radical (unpaired) electrons. The molecule has 0 saturated carbocycles. The molecule has 0 spiro atoms. The van der Waals surface area contributed by atoms with Crippen molar-refractivity contribution in [1.29, 1.82) is 0 Å². The van der Waals surface area contributed by atoms with E-state index in [-0.39, 0.29) is 24.8 Å². The van der Waals surface area contributed by atoms with Crippen molar-refractivity contribution < 1.29 is 14.3 Å². The molecule has 8 heteroatoms. The standard InChI is InChI=1S/C13H12N4O3S/c14-13-16-8(6-21-13)4-11(18)15-7-1-2-10-9(3-7)17-12(19)5-20-10/h1-3,6H,4-5H2,(H2,14,16)(H,15,18)(H,17,19). The number of hydrogen-bond donors (Lipinski definition) is 3. The van der Waals surface area contributed by atoms with Crippen molar-refractivity contribution in [2.45, 2.75) is 6.42 Å². The van der Waals surface area contributed by atoms with Gasteiger partial charge in [0, 0.05) is 11.1 Å². The summed E-state index contributed by atoms with van der Waals surface area (Å²) in [5.41, 5.74) is 7.27. The molecule has 0 saturated heterocycles. The molecule has 21 heavy (non-hydrogen) atoms. The number of ether oxygens (including phenoxy) is 1. The van der Waals surface area contributed by atoms with Crippen molar-refractivity contribution in [3.63, 3.8) is 0 Å². The quantitative estimate of drug-likeness (QED) is 0.791. The fraction of sp³-hybridized carbons (Fsp3) is 0.154. The Morgan fingerprint density at radius 2 is 2.38 bits per heavy atom. The first-order valence-corrected chi connectivity index (χ1v) is 7.04. The first-order chi connectivity index (χ1) is 10.1. The van der Waals surface area contributed by atoms with Gasteiger partial charge in [0.1, 0.15) is 5.75 Å². The van der Waals surface area contributed by atoms with E-state index in [1.165, 1.54) is 11.3 Å². The maximum atomic E-state index is 11.9. The zero-order valence-electron chi connectivity index (χ0n) is 10.9. The fourth-order valence-corrected chi connectivity index (χ4v) is 2.50. The van der Waals surface area contributed by atoms with Crippen LogP contribution < -0.4 is 21.1 Å². The summed E-state index contributed by atoms with van der Waals surface area (Å²) < 4.78 is 5.25. The van der Waals surface area contributed by atoms with Crippen molar-refractivity contribution >= 4 is 39.7 Å². The highest BCUT2D eigenvalue weighted by molar-refractivity contribution is 7.13. The average Bonchev–Trinajstić information content (AvgIpc) is 2.83. The molecule has 0 unspecified atom stereocenters. The minimum atomic E-state index is -0.219. The summed E-state index contributed by atoms with van der Waals surface area (Å²) in [7, 11) is 0. The minimum absolute atomic E-state index is 0.00392. The van der Waals surface area contributed by atoms with Crippen LogP contribution in [0.1, 0.15) is 5.69 Å². The monoisotopic (exact) mass is 304 g/mol. The molecule has 1 aliphatic heterocycles. The third-order valence-electron chi connectivity index (χ3n) is 2.81. The van der Waals surface area contributed by atoms with Gasteiger partial charge in [-0.3, -0.25) is 9.59 Å². The Labute approximate surface area is 124 Å². The van der Waals surface area contributed by atoms with Crippen molar-refractivity contribution in [3.05, 3.63) is 29.3 Å². The molecule has 0 aliphatic carbocycles. The van der Waals surface area contributed by atoms with Gasteiger partial charge >= 0.3 is 0 Å². The van der Waals surface area contributed by atoms with E-state index in [0.717, 1.165) is 0 Å². The number of carbonyl (C=O) groups is 2. The van der Waals surface area contributed by atoms with Gasteiger partial charge in [-0.2, -0.15) is 0 Å². The number of thiazole rings is 1. The lowest BCUT2D eigenvalue weighted by Crippen LogP contribution is -2.25. The highest BCUT2D eigenvalue weighted by Gasteiger charge is 2.16. The Morgan fingerprint density at radius 3 is 3.14 bits per heavy atom. The zero-order chi connectivity index (χ0) is 14.8. The average molecular weight is 304 g/mol. The molecule has 1 aliphatic rings. The number of anilines is 3. The second kappa shape index (κ2) is 5.41. The van der Waals surface area contributed by atoms with Gasteiger partial charge in [-0.15, -0.1) is 11.3 Å². The van der Waals surface area contributed by atoms with Gasteiger partial charge < -0.3 is 21.1 Å². The highest BCUT2D eigenvalue weighted by atomic mass is 32.1. The lowest BCUT2D eigenvalue weighted by molar-refractivity contribution is -0.118. The van der Waals surface area contributed by atoms with Gasteiger partial charge in [0.15, 0.2) is 11.7 Å². The lowest BCUT2D eigenvalue weighted by atomic mass is 10.2. The van der Waals surface area contributed by atoms with Crippen LogP contribution >= 0.6 is 11.3 Å². The number of nitrogens with one attached hydrogen (secondary N) is 2. The van der Waals surface area contributed by atoms with Crippen LogP contribution in [-0.4, -0.2) is 23.4 Å². The Kier molecular flexibility index (Phi) is 3.44. The van der Waals surface area contributed by atoms with Crippen LogP contribution in [0.5, 0.6) is 5.75 Å². The van der Waals surface area contributed by atoms with Crippen molar-refractivity contribution in [1.82, 2.24) is 4.98 Å². The van der Waals surface area contributed by atoms with E-state index in [1.807, 2.05) is 0 Å². The highest BCUT2D eigenvalue weighted by Crippen LogP contribution is 2.30. The van der Waals surface area contributed by atoms with E-state index in [2.05, 4.69) is 15.6 Å². The van der Waals surface area contributed by atoms with Gasteiger partial charge in [0.2, 0.25) is 5.91 Å². The summed E-state index contributed by atoms with van der Waals surface area (Å²) in [5, 5.41) is 7.61. The molecular weight excluding hydrogens is 292 g/mol. The molecule has 2 amide bonds. The number of carbonyl (C=O) groups excluding carboxylic acids is 2. The number of nitrogen functional groups attached to an aromatic ring is 1. The number of nitrogens with zero attached hydrogens (tertiary/aromatic N) is 1. The van der Waals surface area contributed by atoms with Crippen LogP contribution in [0.25, 0.3) is 0 Å². The second-order valence-corrected chi connectivity index (χ2v) is 5.34. The second-order valence-electron chi connectivity index (χ2n) is 4.45. The maximum Gasteiger partial charge on any atom is 0.262 e. The molecule has 2 aromatic rings. The van der Waals surface area contributed by atoms with Crippen molar-refractivity contribution in [2.24, 2.45) is 0 Å². The van der Waals surface area contributed by atoms with E-state index in [0.29, 0.717) is 27.9 Å². The molecule has 108 valence electrons. The van der Waals surface area contributed by atoms with Crippen LogP contribution in [0.2, 0.25) is 0 Å². The number of benzene rings is 1. The van der Waals surface area contributed by atoms with Gasteiger partial charge in [-0.05, 0) is 18.2 Å². The molecule has 4 N–H and O–H groups in total. The Morgan fingerprint density at radius 1 is 1.52 bits per heavy atom. The topological polar surface area (TPSA) is 106 Å². The summed E-state index contributed by atoms with van der Waals surface area (Å²) in [4.78, 5) is 27.2. The normalized spacial score (nSPS) is 13.0. The van der Waals surface area contributed by atoms with Crippen LogP contribution in [0.3, 0.4) is 0 Å². The van der Waals surface area contributed by atoms with E-state index >= 15 is 0 Å². The Balaban J connectivity index is 1.68. The molecule has 1 aromatic carbocycles. The van der Waals surface area contributed by atoms with Crippen LogP contribution in [-0.2, 0) is 16.0 Å². The van der Waals surface area contributed by atoms with Gasteiger partial charge in [-0.1, -0.05) is 0 Å². The zero-order valence-corrected chi connectivity index (χ0v) is 11.7. The number of hydrogen-bond acceptors (Lipinski definition) is 6.